The average molecular weight is 320 g/mol. The summed E-state index contributed by atoms with van der Waals surface area (Å²) >= 11 is 1.24. The predicted octanol–water partition coefficient (Wildman–Crippen LogP) is 3.56. The Balaban J connectivity index is 2.00. The van der Waals surface area contributed by atoms with Gasteiger partial charge < -0.3 is 4.74 Å². The van der Waals surface area contributed by atoms with Crippen LogP contribution >= 0.6 is 11.8 Å². The first-order valence-electron chi connectivity index (χ1n) is 6.60. The second-order valence-electron chi connectivity index (χ2n) is 5.03. The van der Waals surface area contributed by atoms with Crippen molar-refractivity contribution >= 4 is 21.6 Å². The summed E-state index contributed by atoms with van der Waals surface area (Å²) in [5, 5.41) is 0. The molecule has 21 heavy (non-hydrogen) atoms. The molecule has 0 saturated carbocycles. The Morgan fingerprint density at radius 3 is 2.24 bits per heavy atom. The van der Waals surface area contributed by atoms with E-state index in [9.17, 15) is 8.42 Å². The van der Waals surface area contributed by atoms with E-state index in [1.54, 1.807) is 30.5 Å². The molecule has 0 spiro atoms. The van der Waals surface area contributed by atoms with Crippen LogP contribution in [0.25, 0.3) is 0 Å². The highest BCUT2D eigenvalue weighted by molar-refractivity contribution is 8.14. The molecule has 1 fully saturated rings. The molecule has 2 aromatic rings. The Morgan fingerprint density at radius 2 is 1.67 bits per heavy atom. The molecule has 1 aliphatic rings. The lowest BCUT2D eigenvalue weighted by molar-refractivity contribution is 0.388. The molecular formula is C16H16O3S2. The highest BCUT2D eigenvalue weighted by Gasteiger charge is 2.67. The van der Waals surface area contributed by atoms with Crippen LogP contribution in [0, 0.1) is 6.92 Å². The van der Waals surface area contributed by atoms with Gasteiger partial charge >= 0.3 is 0 Å². The van der Waals surface area contributed by atoms with Crippen LogP contribution in [0.2, 0.25) is 0 Å². The maximum Gasteiger partial charge on any atom is 0.251 e. The third kappa shape index (κ3) is 2.29. The number of sulfone groups is 1. The predicted molar refractivity (Wildman–Crippen MR) is 84.9 cm³/mol. The van der Waals surface area contributed by atoms with Crippen molar-refractivity contribution in [3.8, 4) is 0 Å². The van der Waals surface area contributed by atoms with E-state index >= 15 is 0 Å². The van der Waals surface area contributed by atoms with Gasteiger partial charge in [0, 0.05) is 0 Å². The SMILES string of the molecule is CS[C@@]1(S(=O)(=O)c2ccc(C)cc2)O[C@H]1c1ccccc1. The van der Waals surface area contributed by atoms with E-state index in [1.165, 1.54) is 11.8 Å². The molecule has 0 aromatic heterocycles. The summed E-state index contributed by atoms with van der Waals surface area (Å²) in [6.07, 6.45) is 1.36. The van der Waals surface area contributed by atoms with Gasteiger partial charge in [-0.05, 0) is 30.9 Å². The molecule has 0 aliphatic carbocycles. The van der Waals surface area contributed by atoms with Crippen LogP contribution in [0.5, 0.6) is 0 Å². The van der Waals surface area contributed by atoms with Gasteiger partial charge in [-0.2, -0.15) is 0 Å². The van der Waals surface area contributed by atoms with Gasteiger partial charge in [0.1, 0.15) is 6.10 Å². The fourth-order valence-electron chi connectivity index (χ4n) is 2.38. The summed E-state index contributed by atoms with van der Waals surface area (Å²) < 4.78 is 30.3. The zero-order valence-corrected chi connectivity index (χ0v) is 13.4. The molecule has 5 heteroatoms. The molecule has 2 aromatic carbocycles. The molecule has 110 valence electrons. The highest BCUT2D eigenvalue weighted by atomic mass is 32.3. The number of benzene rings is 2. The zero-order chi connectivity index (χ0) is 15.1. The smallest absolute Gasteiger partial charge is 0.251 e. The Labute approximate surface area is 129 Å². The quantitative estimate of drug-likeness (QED) is 0.808. The van der Waals surface area contributed by atoms with Gasteiger partial charge in [0.05, 0.1) is 4.90 Å². The van der Waals surface area contributed by atoms with Crippen molar-refractivity contribution in [3.63, 3.8) is 0 Å². The Hall–Kier alpha value is -1.30. The number of aryl methyl sites for hydroxylation is 1. The van der Waals surface area contributed by atoms with Crippen LogP contribution < -0.4 is 0 Å². The maximum absolute atomic E-state index is 12.9. The highest BCUT2D eigenvalue weighted by Crippen LogP contribution is 2.61. The molecule has 3 nitrogen and oxygen atoms in total. The van der Waals surface area contributed by atoms with Crippen LogP contribution in [-0.2, 0) is 14.6 Å². The van der Waals surface area contributed by atoms with Gasteiger partial charge in [0.25, 0.3) is 4.27 Å². The average Bonchev–Trinajstić information content (AvgIpc) is 3.25. The van der Waals surface area contributed by atoms with E-state index in [4.69, 9.17) is 4.74 Å². The van der Waals surface area contributed by atoms with Crippen LogP contribution in [0.1, 0.15) is 17.2 Å². The first kappa shape index (κ1) is 14.6. The van der Waals surface area contributed by atoms with Crippen molar-refractivity contribution in [2.75, 3.05) is 6.26 Å². The molecule has 3 rings (SSSR count). The van der Waals surface area contributed by atoms with Gasteiger partial charge in [-0.1, -0.05) is 48.0 Å². The van der Waals surface area contributed by atoms with E-state index in [1.807, 2.05) is 37.3 Å². The van der Waals surface area contributed by atoms with E-state index in [0.717, 1.165) is 11.1 Å². The van der Waals surface area contributed by atoms with E-state index in [0.29, 0.717) is 4.90 Å². The first-order chi connectivity index (χ1) is 10.0. The molecule has 0 unspecified atom stereocenters. The number of epoxide rings is 1. The molecule has 0 bridgehead atoms. The van der Waals surface area contributed by atoms with E-state index < -0.39 is 20.2 Å². The summed E-state index contributed by atoms with van der Waals surface area (Å²) in [4.78, 5) is 0.306. The zero-order valence-electron chi connectivity index (χ0n) is 11.8. The summed E-state index contributed by atoms with van der Waals surface area (Å²) in [5.74, 6) is 0. The van der Waals surface area contributed by atoms with E-state index in [2.05, 4.69) is 0 Å². The van der Waals surface area contributed by atoms with Crippen LogP contribution in [-0.4, -0.2) is 18.9 Å². The van der Waals surface area contributed by atoms with E-state index in [-0.39, 0.29) is 0 Å². The standard InChI is InChI=1S/C16H16O3S2/c1-12-8-10-14(11-9-12)21(17,18)16(20-2)15(19-16)13-6-4-3-5-7-13/h3-11,15H,1-2H3/t15-,16-/m0/s1. The van der Waals surface area contributed by atoms with Crippen molar-refractivity contribution < 1.29 is 13.2 Å². The summed E-state index contributed by atoms with van der Waals surface area (Å²) in [6.45, 7) is 1.93. The Kier molecular flexibility index (Phi) is 3.59. The van der Waals surface area contributed by atoms with Crippen molar-refractivity contribution in [1.82, 2.24) is 0 Å². The summed E-state index contributed by atoms with van der Waals surface area (Å²) in [5.41, 5.74) is 1.92. The van der Waals surface area contributed by atoms with Crippen LogP contribution in [0.15, 0.2) is 59.5 Å². The third-order valence-electron chi connectivity index (χ3n) is 3.64. The molecule has 1 aliphatic heterocycles. The number of ether oxygens (including phenoxy) is 1. The molecule has 2 atom stereocenters. The topological polar surface area (TPSA) is 46.7 Å². The molecule has 0 radical (unpaired) electrons. The van der Waals surface area contributed by atoms with Crippen molar-refractivity contribution in [1.29, 1.82) is 0 Å². The lowest BCUT2D eigenvalue weighted by atomic mass is 10.2. The van der Waals surface area contributed by atoms with Crippen LogP contribution in [0.4, 0.5) is 0 Å². The van der Waals surface area contributed by atoms with Crippen LogP contribution in [0.3, 0.4) is 0 Å². The van der Waals surface area contributed by atoms with Gasteiger partial charge in [-0.3, -0.25) is 0 Å². The largest absolute Gasteiger partial charge is 0.334 e. The van der Waals surface area contributed by atoms with Gasteiger partial charge in [0.15, 0.2) is 0 Å². The minimum atomic E-state index is -3.55. The number of thioether (sulfide) groups is 1. The lowest BCUT2D eigenvalue weighted by Crippen LogP contribution is -2.22. The number of hydrogen-bond donors (Lipinski definition) is 0. The Morgan fingerprint density at radius 1 is 1.05 bits per heavy atom. The Bertz CT molecular complexity index is 739. The lowest BCUT2D eigenvalue weighted by Gasteiger charge is -2.12. The number of hydrogen-bond acceptors (Lipinski definition) is 4. The fourth-order valence-corrected chi connectivity index (χ4v) is 5.55. The van der Waals surface area contributed by atoms with Gasteiger partial charge in [-0.25, -0.2) is 8.42 Å². The molecule has 0 amide bonds. The normalized spacial score (nSPS) is 24.8. The molecule has 1 heterocycles. The van der Waals surface area contributed by atoms with Crippen molar-refractivity contribution in [3.05, 3.63) is 65.7 Å². The molecular weight excluding hydrogens is 304 g/mol. The second-order valence-corrected chi connectivity index (χ2v) is 8.39. The number of rotatable bonds is 4. The maximum atomic E-state index is 12.9. The molecule has 1 saturated heterocycles. The fraction of sp³-hybridized carbons (Fsp3) is 0.250. The summed E-state index contributed by atoms with van der Waals surface area (Å²) in [6, 6.07) is 16.4. The summed E-state index contributed by atoms with van der Waals surface area (Å²) in [7, 11) is -3.55. The first-order valence-corrected chi connectivity index (χ1v) is 9.31. The van der Waals surface area contributed by atoms with Crippen molar-refractivity contribution in [2.45, 2.75) is 22.2 Å². The second kappa shape index (κ2) is 5.16. The molecule has 0 N–H and O–H groups in total. The van der Waals surface area contributed by atoms with Gasteiger partial charge in [0.2, 0.25) is 9.84 Å². The monoisotopic (exact) mass is 320 g/mol. The van der Waals surface area contributed by atoms with Crippen molar-refractivity contribution in [2.24, 2.45) is 0 Å². The van der Waals surface area contributed by atoms with Gasteiger partial charge in [-0.15, -0.1) is 11.8 Å². The minimum Gasteiger partial charge on any atom is -0.334 e. The third-order valence-corrected chi connectivity index (χ3v) is 7.63. The minimum absolute atomic E-state index is 0.306.